The van der Waals surface area contributed by atoms with Gasteiger partial charge in [-0.15, -0.1) is 0 Å². The lowest BCUT2D eigenvalue weighted by Crippen LogP contribution is -3.00. The number of hydrogen-bond donors (Lipinski definition) is 0. The highest BCUT2D eigenvalue weighted by Gasteiger charge is 2.34. The number of unbranched alkanes of at least 4 members (excludes halogenated alkanes) is 9. The Hall–Kier alpha value is 0.210. The molecule has 178 valence electrons. The first kappa shape index (κ1) is 31.4. The zero-order valence-corrected chi connectivity index (χ0v) is 21.7. The maximum Gasteiger partial charge on any atom is 0.0890 e. The largest absolute Gasteiger partial charge is 1.00 e. The van der Waals surface area contributed by atoms with Crippen molar-refractivity contribution in [2.75, 3.05) is 33.4 Å². The molecule has 0 amide bonds. The average Bonchev–Trinajstić information content (AvgIpc) is 2.71. The highest BCUT2D eigenvalue weighted by molar-refractivity contribution is 4.63. The van der Waals surface area contributed by atoms with Crippen molar-refractivity contribution in [1.29, 1.82) is 0 Å². The van der Waals surface area contributed by atoms with Gasteiger partial charge in [-0.05, 0) is 44.9 Å². The monoisotopic (exact) mass is 433 g/mol. The van der Waals surface area contributed by atoms with Gasteiger partial charge in [-0.25, -0.2) is 0 Å². The molecule has 3 heteroatoms. The van der Waals surface area contributed by atoms with Gasteiger partial charge in [0.25, 0.3) is 0 Å². The Morgan fingerprint density at radius 3 is 1.38 bits per heavy atom. The quantitative estimate of drug-likeness (QED) is 0.169. The maximum atomic E-state index is 5.14. The third-order valence-corrected chi connectivity index (χ3v) is 6.63. The van der Waals surface area contributed by atoms with E-state index < -0.39 is 0 Å². The van der Waals surface area contributed by atoms with Crippen LogP contribution < -0.4 is 12.4 Å². The van der Waals surface area contributed by atoms with Crippen LogP contribution in [0.5, 0.6) is 0 Å². The molecule has 0 saturated carbocycles. The molecule has 0 aliphatic carbocycles. The average molecular weight is 434 g/mol. The molecule has 0 aromatic carbocycles. The molecule has 0 spiro atoms. The summed E-state index contributed by atoms with van der Waals surface area (Å²) in [6, 6.07) is 0.911. The number of hydrogen-bond acceptors (Lipinski definition) is 1. The topological polar surface area (TPSA) is 9.23 Å². The molecule has 0 heterocycles. The SMILES string of the molecule is CCCC[N+](CCCC)(CCCCCCCCCCOC)C(CCC)CCC.[Cl-]. The molecule has 0 aromatic rings. The molecular formula is C26H56ClNO. The third-order valence-electron chi connectivity index (χ3n) is 6.63. The molecule has 0 saturated heterocycles. The molecule has 0 unspecified atom stereocenters. The smallest absolute Gasteiger partial charge is 0.0890 e. The van der Waals surface area contributed by atoms with Gasteiger partial charge in [0.05, 0.1) is 25.7 Å². The number of methoxy groups -OCH3 is 1. The molecule has 0 aliphatic rings. The van der Waals surface area contributed by atoms with Crippen LogP contribution in [-0.2, 0) is 4.74 Å². The van der Waals surface area contributed by atoms with E-state index in [-0.39, 0.29) is 12.4 Å². The fraction of sp³-hybridized carbons (Fsp3) is 1.00. The number of quaternary nitrogens is 1. The van der Waals surface area contributed by atoms with Crippen molar-refractivity contribution in [3.05, 3.63) is 0 Å². The molecule has 0 N–H and O–H groups in total. The van der Waals surface area contributed by atoms with E-state index in [0.29, 0.717) is 0 Å². The molecule has 2 nitrogen and oxygen atoms in total. The minimum atomic E-state index is 0. The van der Waals surface area contributed by atoms with Crippen LogP contribution in [0, 0.1) is 0 Å². The van der Waals surface area contributed by atoms with Gasteiger partial charge in [-0.3, -0.25) is 0 Å². The normalized spacial score (nSPS) is 11.8. The van der Waals surface area contributed by atoms with E-state index in [9.17, 15) is 0 Å². The fourth-order valence-corrected chi connectivity index (χ4v) is 4.92. The zero-order chi connectivity index (χ0) is 20.9. The first-order valence-corrected chi connectivity index (χ1v) is 13.0. The van der Waals surface area contributed by atoms with Gasteiger partial charge in [-0.1, -0.05) is 85.5 Å². The summed E-state index contributed by atoms with van der Waals surface area (Å²) in [7, 11) is 1.81. The van der Waals surface area contributed by atoms with Crippen molar-refractivity contribution < 1.29 is 21.6 Å². The van der Waals surface area contributed by atoms with Crippen LogP contribution in [0.15, 0.2) is 0 Å². The lowest BCUT2D eigenvalue weighted by Gasteiger charge is -2.46. The van der Waals surface area contributed by atoms with E-state index in [4.69, 9.17) is 4.74 Å². The number of ether oxygens (including phenoxy) is 1. The second-order valence-corrected chi connectivity index (χ2v) is 9.15. The molecule has 0 aromatic heterocycles. The highest BCUT2D eigenvalue weighted by Crippen LogP contribution is 2.26. The van der Waals surface area contributed by atoms with Crippen molar-refractivity contribution in [1.82, 2.24) is 0 Å². The second kappa shape index (κ2) is 22.9. The molecule has 0 atom stereocenters. The predicted molar refractivity (Wildman–Crippen MR) is 127 cm³/mol. The molecule has 0 bridgehead atoms. The zero-order valence-electron chi connectivity index (χ0n) is 21.0. The summed E-state index contributed by atoms with van der Waals surface area (Å²) in [6.45, 7) is 14.8. The fourth-order valence-electron chi connectivity index (χ4n) is 4.92. The lowest BCUT2D eigenvalue weighted by atomic mass is 9.98. The highest BCUT2D eigenvalue weighted by atomic mass is 35.5. The number of halogens is 1. The lowest BCUT2D eigenvalue weighted by molar-refractivity contribution is -0.952. The minimum Gasteiger partial charge on any atom is -1.00 e. The van der Waals surface area contributed by atoms with Gasteiger partial charge in [-0.2, -0.15) is 0 Å². The molecule has 0 radical (unpaired) electrons. The van der Waals surface area contributed by atoms with Crippen molar-refractivity contribution in [3.63, 3.8) is 0 Å². The molecule has 0 rings (SSSR count). The van der Waals surface area contributed by atoms with E-state index in [1.807, 2.05) is 7.11 Å². The second-order valence-electron chi connectivity index (χ2n) is 9.15. The first-order valence-electron chi connectivity index (χ1n) is 13.0. The Morgan fingerprint density at radius 2 is 0.966 bits per heavy atom. The summed E-state index contributed by atoms with van der Waals surface area (Å²) >= 11 is 0. The van der Waals surface area contributed by atoms with Crippen LogP contribution in [0.3, 0.4) is 0 Å². The first-order chi connectivity index (χ1) is 13.7. The Bertz CT molecular complexity index is 297. The third kappa shape index (κ3) is 15.6. The van der Waals surface area contributed by atoms with Crippen LogP contribution in [0.2, 0.25) is 0 Å². The van der Waals surface area contributed by atoms with Crippen LogP contribution >= 0.6 is 0 Å². The summed E-state index contributed by atoms with van der Waals surface area (Å²) in [5.74, 6) is 0. The van der Waals surface area contributed by atoms with Crippen molar-refractivity contribution in [2.24, 2.45) is 0 Å². The van der Waals surface area contributed by atoms with Crippen LogP contribution in [0.25, 0.3) is 0 Å². The maximum absolute atomic E-state index is 5.14. The van der Waals surface area contributed by atoms with Crippen molar-refractivity contribution >= 4 is 0 Å². The van der Waals surface area contributed by atoms with Gasteiger partial charge in [0.2, 0.25) is 0 Å². The van der Waals surface area contributed by atoms with E-state index >= 15 is 0 Å². The van der Waals surface area contributed by atoms with Gasteiger partial charge >= 0.3 is 0 Å². The van der Waals surface area contributed by atoms with Gasteiger partial charge in [0.15, 0.2) is 0 Å². The Balaban J connectivity index is 0. The van der Waals surface area contributed by atoms with Gasteiger partial charge < -0.3 is 21.6 Å². The summed E-state index contributed by atoms with van der Waals surface area (Å²) < 4.78 is 6.59. The van der Waals surface area contributed by atoms with Crippen molar-refractivity contribution in [3.8, 4) is 0 Å². The number of nitrogens with zero attached hydrogens (tertiary/aromatic N) is 1. The predicted octanol–water partition coefficient (Wildman–Crippen LogP) is 5.14. The van der Waals surface area contributed by atoms with Crippen molar-refractivity contribution in [2.45, 2.75) is 136 Å². The summed E-state index contributed by atoms with van der Waals surface area (Å²) in [6.07, 6.45) is 22.3. The molecule has 0 fully saturated rings. The standard InChI is InChI=1S/C26H56NO.ClH/c1-6-10-22-27(23-11-7-2,26(20-8-3)21-9-4)24-18-16-14-12-13-15-17-19-25-28-5;/h26H,6-25H2,1-5H3;1H/q+1;/p-1. The summed E-state index contributed by atoms with van der Waals surface area (Å²) in [5, 5.41) is 0. The van der Waals surface area contributed by atoms with Gasteiger partial charge in [0.1, 0.15) is 0 Å². The molecule has 0 aliphatic heterocycles. The summed E-state index contributed by atoms with van der Waals surface area (Å²) in [5.41, 5.74) is 0. The number of rotatable bonds is 22. The van der Waals surface area contributed by atoms with Crippen LogP contribution in [0.1, 0.15) is 130 Å². The minimum absolute atomic E-state index is 0. The molecular weight excluding hydrogens is 378 g/mol. The van der Waals surface area contributed by atoms with E-state index in [0.717, 1.165) is 12.6 Å². The Morgan fingerprint density at radius 1 is 0.552 bits per heavy atom. The van der Waals surface area contributed by atoms with Crippen LogP contribution in [0.4, 0.5) is 0 Å². The summed E-state index contributed by atoms with van der Waals surface area (Å²) in [4.78, 5) is 0. The Kier molecular flexibility index (Phi) is 24.8. The van der Waals surface area contributed by atoms with E-state index in [1.165, 1.54) is 127 Å². The molecule has 29 heavy (non-hydrogen) atoms. The Labute approximate surface area is 191 Å². The van der Waals surface area contributed by atoms with Crippen LogP contribution in [-0.4, -0.2) is 43.9 Å². The van der Waals surface area contributed by atoms with E-state index in [1.54, 1.807) is 0 Å². The van der Waals surface area contributed by atoms with E-state index in [2.05, 4.69) is 27.7 Å². The van der Waals surface area contributed by atoms with Gasteiger partial charge in [0, 0.05) is 13.7 Å².